The molecule has 0 bridgehead atoms. The second-order valence-electron chi connectivity index (χ2n) is 2.32. The van der Waals surface area contributed by atoms with Crippen LogP contribution < -0.4 is 0 Å². The minimum atomic E-state index is -0.609. The fourth-order valence-electron chi connectivity index (χ4n) is 1.17. The molecule has 0 aromatic heterocycles. The minimum absolute atomic E-state index is 0. The molecule has 0 heterocycles. The van der Waals surface area contributed by atoms with Crippen LogP contribution in [0, 0.1) is 5.92 Å². The third kappa shape index (κ3) is 2.52. The average molecular weight is 222 g/mol. The van der Waals surface area contributed by atoms with E-state index in [0.717, 1.165) is 25.7 Å². The van der Waals surface area contributed by atoms with Gasteiger partial charge >= 0.3 is 5.97 Å². The summed E-state index contributed by atoms with van der Waals surface area (Å²) in [6, 6.07) is 0. The molecule has 1 fully saturated rings. The first-order chi connectivity index (χ1) is 3.80. The molecule has 0 aliphatic heterocycles. The fourth-order valence-corrected chi connectivity index (χ4v) is 1.17. The normalized spacial score (nSPS) is 19.1. The molecule has 0 aromatic rings. The first kappa shape index (κ1) is 9.21. The van der Waals surface area contributed by atoms with Crippen molar-refractivity contribution < 1.29 is 32.3 Å². The van der Waals surface area contributed by atoms with E-state index in [1.165, 1.54) is 0 Å². The van der Waals surface area contributed by atoms with Crippen LogP contribution in [0.15, 0.2) is 0 Å². The van der Waals surface area contributed by atoms with Crippen LogP contribution in [0.25, 0.3) is 0 Å². The molecule has 1 saturated carbocycles. The number of carboxylic acids is 1. The van der Waals surface area contributed by atoms with Gasteiger partial charge in [-0.25, -0.2) is 0 Å². The van der Waals surface area contributed by atoms with E-state index in [1.54, 1.807) is 0 Å². The van der Waals surface area contributed by atoms with Crippen LogP contribution in [0.3, 0.4) is 0 Å². The van der Waals surface area contributed by atoms with Gasteiger partial charge in [-0.15, -0.1) is 0 Å². The number of rotatable bonds is 1. The summed E-state index contributed by atoms with van der Waals surface area (Å²) in [6.45, 7) is 0. The predicted octanol–water partition coefficient (Wildman–Crippen LogP) is 1.26. The maximum atomic E-state index is 10.2. The summed E-state index contributed by atoms with van der Waals surface area (Å²) in [7, 11) is 0. The molecule has 0 spiro atoms. The van der Waals surface area contributed by atoms with Gasteiger partial charge in [0.25, 0.3) is 0 Å². The van der Waals surface area contributed by atoms with E-state index in [4.69, 9.17) is 5.11 Å². The molecule has 0 unspecified atom stereocenters. The van der Waals surface area contributed by atoms with E-state index in [-0.39, 0.29) is 28.3 Å². The van der Waals surface area contributed by atoms with Crippen molar-refractivity contribution in [2.24, 2.45) is 5.92 Å². The van der Waals surface area contributed by atoms with Gasteiger partial charge in [-0.1, -0.05) is 12.8 Å². The van der Waals surface area contributed by atoms with Crippen molar-refractivity contribution in [3.8, 4) is 0 Å². The summed E-state index contributed by atoms with van der Waals surface area (Å²) < 4.78 is 0. The Morgan fingerprint density at radius 2 is 1.78 bits per heavy atom. The average Bonchev–Trinajstić information content (AvgIpc) is 2.12. The Hall–Kier alpha value is 0.210. The molecule has 0 amide bonds. The number of carboxylic acid groups (broad SMARTS) is 1. The predicted molar refractivity (Wildman–Crippen MR) is 29.6 cm³/mol. The Morgan fingerprint density at radius 1 is 1.33 bits per heavy atom. The number of hydrogen-bond donors (Lipinski definition) is 1. The zero-order chi connectivity index (χ0) is 5.98. The smallest absolute Gasteiger partial charge is 0.306 e. The van der Waals surface area contributed by atoms with Crippen LogP contribution in [0.2, 0.25) is 0 Å². The summed E-state index contributed by atoms with van der Waals surface area (Å²) in [6.07, 6.45) is 4.01. The van der Waals surface area contributed by atoms with Crippen molar-refractivity contribution in [3.05, 3.63) is 0 Å². The van der Waals surface area contributed by atoms with E-state index in [9.17, 15) is 4.79 Å². The summed E-state index contributed by atoms with van der Waals surface area (Å²) in [5, 5.41) is 8.41. The van der Waals surface area contributed by atoms with Crippen molar-refractivity contribution in [2.45, 2.75) is 25.7 Å². The van der Waals surface area contributed by atoms with E-state index < -0.39 is 5.97 Å². The van der Waals surface area contributed by atoms with Crippen molar-refractivity contribution in [2.75, 3.05) is 0 Å². The first-order valence-corrected chi connectivity index (χ1v) is 3.03. The second-order valence-corrected chi connectivity index (χ2v) is 2.32. The molecule has 1 radical (unpaired) electrons. The molecular weight excluding hydrogens is 212 g/mol. The molecule has 0 aromatic carbocycles. The Bertz CT molecular complexity index is 97.2. The van der Waals surface area contributed by atoms with Crippen LogP contribution in [-0.2, 0) is 27.2 Å². The molecule has 57 valence electrons. The maximum absolute atomic E-state index is 10.2. The molecule has 3 heteroatoms. The van der Waals surface area contributed by atoms with Crippen molar-refractivity contribution >= 4 is 5.97 Å². The number of hydrogen-bond acceptors (Lipinski definition) is 1. The standard InChI is InChI=1S/C6H10O2.Ag/c7-6(8)5-3-1-2-4-5;/h5H,1-4H2,(H,7,8);. The van der Waals surface area contributed by atoms with Gasteiger partial charge in [0.15, 0.2) is 0 Å². The van der Waals surface area contributed by atoms with E-state index >= 15 is 0 Å². The van der Waals surface area contributed by atoms with Crippen LogP contribution in [0.5, 0.6) is 0 Å². The summed E-state index contributed by atoms with van der Waals surface area (Å²) in [5.74, 6) is -0.627. The van der Waals surface area contributed by atoms with Gasteiger partial charge in [-0.3, -0.25) is 4.79 Å². The largest absolute Gasteiger partial charge is 0.481 e. The monoisotopic (exact) mass is 221 g/mol. The zero-order valence-corrected chi connectivity index (χ0v) is 6.55. The molecule has 0 saturated heterocycles. The summed E-state index contributed by atoms with van der Waals surface area (Å²) in [5.41, 5.74) is 0. The Kier molecular flexibility index (Phi) is 4.19. The Morgan fingerprint density at radius 3 is 2.00 bits per heavy atom. The van der Waals surface area contributed by atoms with Crippen molar-refractivity contribution in [1.29, 1.82) is 0 Å². The van der Waals surface area contributed by atoms with Crippen molar-refractivity contribution in [3.63, 3.8) is 0 Å². The van der Waals surface area contributed by atoms with E-state index in [2.05, 4.69) is 0 Å². The second kappa shape index (κ2) is 4.09. The molecule has 2 nitrogen and oxygen atoms in total. The third-order valence-corrected chi connectivity index (χ3v) is 1.70. The number of aliphatic carboxylic acids is 1. The van der Waals surface area contributed by atoms with Gasteiger partial charge in [0, 0.05) is 22.4 Å². The van der Waals surface area contributed by atoms with E-state index in [1.807, 2.05) is 0 Å². The summed E-state index contributed by atoms with van der Waals surface area (Å²) >= 11 is 0. The van der Waals surface area contributed by atoms with Gasteiger partial charge in [0.05, 0.1) is 5.92 Å². The molecular formula is C6H10AgO2. The first-order valence-electron chi connectivity index (χ1n) is 3.03. The molecule has 1 aliphatic rings. The Balaban J connectivity index is 0.000000640. The number of carbonyl (C=O) groups is 1. The van der Waals surface area contributed by atoms with Crippen LogP contribution >= 0.6 is 0 Å². The van der Waals surface area contributed by atoms with Gasteiger partial charge in [-0.05, 0) is 12.8 Å². The minimum Gasteiger partial charge on any atom is -0.481 e. The van der Waals surface area contributed by atoms with Crippen LogP contribution in [-0.4, -0.2) is 11.1 Å². The third-order valence-electron chi connectivity index (χ3n) is 1.70. The Labute approximate surface area is 70.1 Å². The molecule has 0 atom stereocenters. The van der Waals surface area contributed by atoms with Gasteiger partial charge in [-0.2, -0.15) is 0 Å². The molecule has 1 aliphatic carbocycles. The summed E-state index contributed by atoms with van der Waals surface area (Å²) in [4.78, 5) is 10.2. The zero-order valence-electron chi connectivity index (χ0n) is 5.06. The maximum Gasteiger partial charge on any atom is 0.306 e. The van der Waals surface area contributed by atoms with Crippen LogP contribution in [0.1, 0.15) is 25.7 Å². The van der Waals surface area contributed by atoms with Gasteiger partial charge in [0.1, 0.15) is 0 Å². The quantitative estimate of drug-likeness (QED) is 0.678. The van der Waals surface area contributed by atoms with Gasteiger partial charge in [0.2, 0.25) is 0 Å². The SMILES string of the molecule is O=C(O)C1CCCC1.[Ag]. The van der Waals surface area contributed by atoms with Crippen molar-refractivity contribution in [1.82, 2.24) is 0 Å². The topological polar surface area (TPSA) is 37.3 Å². The van der Waals surface area contributed by atoms with Crippen LogP contribution in [0.4, 0.5) is 0 Å². The van der Waals surface area contributed by atoms with Gasteiger partial charge < -0.3 is 5.11 Å². The van der Waals surface area contributed by atoms with E-state index in [0.29, 0.717) is 0 Å². The molecule has 1 rings (SSSR count). The molecule has 9 heavy (non-hydrogen) atoms. The molecule has 1 N–H and O–H groups in total. The fraction of sp³-hybridized carbons (Fsp3) is 0.833.